The fourth-order valence-electron chi connectivity index (χ4n) is 1.46. The van der Waals surface area contributed by atoms with Gasteiger partial charge in [0.2, 0.25) is 0 Å². The second-order valence-corrected chi connectivity index (χ2v) is 4.67. The van der Waals surface area contributed by atoms with Crippen molar-refractivity contribution in [2.24, 2.45) is 0 Å². The molecule has 2 aromatic rings. The summed E-state index contributed by atoms with van der Waals surface area (Å²) >= 11 is 0.946. The topological polar surface area (TPSA) is 122 Å². The first-order chi connectivity index (χ1) is 8.97. The van der Waals surface area contributed by atoms with E-state index in [1.54, 1.807) is 13.0 Å². The van der Waals surface area contributed by atoms with E-state index in [9.17, 15) is 9.59 Å². The lowest BCUT2D eigenvalue weighted by Gasteiger charge is -2.06. The van der Waals surface area contributed by atoms with E-state index in [0.29, 0.717) is 5.56 Å². The lowest BCUT2D eigenvalue weighted by molar-refractivity contribution is 0.0691. The van der Waals surface area contributed by atoms with Crippen LogP contribution in [0, 0.1) is 6.92 Å². The molecule has 19 heavy (non-hydrogen) atoms. The molecule has 2 heterocycles. The van der Waals surface area contributed by atoms with Gasteiger partial charge in [0, 0.05) is 12.3 Å². The monoisotopic (exact) mass is 278 g/mol. The van der Waals surface area contributed by atoms with Gasteiger partial charge in [-0.25, -0.2) is 14.8 Å². The van der Waals surface area contributed by atoms with Crippen molar-refractivity contribution in [3.8, 4) is 0 Å². The Hall–Kier alpha value is -2.35. The number of carbonyl (C=O) groups is 1. The average molecular weight is 278 g/mol. The molecule has 0 aliphatic heterocycles. The molecule has 0 amide bonds. The molecule has 7 nitrogen and oxygen atoms in total. The van der Waals surface area contributed by atoms with Gasteiger partial charge in [-0.2, -0.15) is 0 Å². The van der Waals surface area contributed by atoms with E-state index < -0.39 is 11.5 Å². The summed E-state index contributed by atoms with van der Waals surface area (Å²) in [6.07, 6.45) is 1.49. The van der Waals surface area contributed by atoms with Crippen molar-refractivity contribution in [1.29, 1.82) is 0 Å². The number of nitrogen functional groups attached to an aromatic ring is 1. The number of aromatic carboxylic acids is 1. The number of nitrogens with one attached hydrogen (secondary N) is 1. The largest absolute Gasteiger partial charge is 0.478 e. The van der Waals surface area contributed by atoms with E-state index >= 15 is 0 Å². The average Bonchev–Trinajstić information content (AvgIpc) is 2.26. The number of nitrogens with two attached hydrogens (primary N) is 1. The number of aryl methyl sites for hydroxylation is 1. The van der Waals surface area contributed by atoms with Crippen molar-refractivity contribution < 1.29 is 9.90 Å². The summed E-state index contributed by atoms with van der Waals surface area (Å²) in [6.45, 7) is 1.67. The Bertz CT molecular complexity index is 699. The lowest BCUT2D eigenvalue weighted by Crippen LogP contribution is -2.10. The maximum atomic E-state index is 11.3. The Morgan fingerprint density at radius 3 is 2.89 bits per heavy atom. The minimum absolute atomic E-state index is 0.0655. The summed E-state index contributed by atoms with van der Waals surface area (Å²) in [6, 6.07) is 2.74. The molecule has 0 aromatic carbocycles. The van der Waals surface area contributed by atoms with Crippen LogP contribution in [0.4, 0.5) is 5.82 Å². The zero-order chi connectivity index (χ0) is 14.0. The number of carboxylic acids is 1. The number of nitrogens with zero attached hydrogens (tertiary/aromatic N) is 2. The zero-order valence-corrected chi connectivity index (χ0v) is 10.7. The van der Waals surface area contributed by atoms with Crippen LogP contribution in [0.15, 0.2) is 33.3 Å². The molecular formula is C11H10N4O3S. The minimum Gasteiger partial charge on any atom is -0.478 e. The van der Waals surface area contributed by atoms with Crippen LogP contribution in [-0.4, -0.2) is 26.0 Å². The van der Waals surface area contributed by atoms with Crippen LogP contribution in [0.5, 0.6) is 0 Å². The van der Waals surface area contributed by atoms with Crippen molar-refractivity contribution in [1.82, 2.24) is 15.0 Å². The summed E-state index contributed by atoms with van der Waals surface area (Å²) < 4.78 is 0. The number of H-pyrrole nitrogens is 1. The molecule has 0 radical (unpaired) electrons. The summed E-state index contributed by atoms with van der Waals surface area (Å²) in [5, 5.41) is 9.61. The molecule has 8 heteroatoms. The second kappa shape index (κ2) is 5.11. The molecule has 4 N–H and O–H groups in total. The van der Waals surface area contributed by atoms with Gasteiger partial charge >= 0.3 is 5.97 Å². The summed E-state index contributed by atoms with van der Waals surface area (Å²) in [5.41, 5.74) is 5.72. The van der Waals surface area contributed by atoms with E-state index in [1.807, 2.05) is 0 Å². The van der Waals surface area contributed by atoms with E-state index in [-0.39, 0.29) is 21.6 Å². The quantitative estimate of drug-likeness (QED) is 0.713. The molecule has 0 saturated heterocycles. The standard InChI is InChI=1S/C11H10N4O3S/c1-5-2-3-13-9(8(5)10(17)18)19-11-14-6(12)4-7(16)15-11/h2-4H,1H3,(H,17,18)(H3,12,14,15,16). The van der Waals surface area contributed by atoms with Crippen LogP contribution < -0.4 is 11.3 Å². The second-order valence-electron chi connectivity index (χ2n) is 3.69. The van der Waals surface area contributed by atoms with Gasteiger partial charge in [-0.1, -0.05) is 0 Å². The molecule has 0 aliphatic carbocycles. The maximum Gasteiger partial charge on any atom is 0.338 e. The molecule has 0 bridgehead atoms. The van der Waals surface area contributed by atoms with Gasteiger partial charge < -0.3 is 15.8 Å². The minimum atomic E-state index is -1.08. The highest BCUT2D eigenvalue weighted by Gasteiger charge is 2.16. The van der Waals surface area contributed by atoms with E-state index in [0.717, 1.165) is 17.8 Å². The molecule has 0 aliphatic rings. The van der Waals surface area contributed by atoms with Crippen LogP contribution >= 0.6 is 11.8 Å². The number of aromatic nitrogens is 3. The highest BCUT2D eigenvalue weighted by molar-refractivity contribution is 7.99. The number of hydrogen-bond acceptors (Lipinski definition) is 6. The predicted molar refractivity (Wildman–Crippen MR) is 69.3 cm³/mol. The van der Waals surface area contributed by atoms with Crippen LogP contribution in [-0.2, 0) is 0 Å². The summed E-state index contributed by atoms with van der Waals surface area (Å²) in [7, 11) is 0. The van der Waals surface area contributed by atoms with Crippen LogP contribution in [0.25, 0.3) is 0 Å². The molecule has 0 unspecified atom stereocenters. The molecule has 0 saturated carbocycles. The van der Waals surface area contributed by atoms with E-state index in [2.05, 4.69) is 15.0 Å². The molecular weight excluding hydrogens is 268 g/mol. The van der Waals surface area contributed by atoms with E-state index in [1.165, 1.54) is 6.20 Å². The van der Waals surface area contributed by atoms with Crippen LogP contribution in [0.2, 0.25) is 0 Å². The fraction of sp³-hybridized carbons (Fsp3) is 0.0909. The van der Waals surface area contributed by atoms with Crippen molar-refractivity contribution in [2.45, 2.75) is 17.1 Å². The van der Waals surface area contributed by atoms with Gasteiger partial charge in [0.15, 0.2) is 5.16 Å². The van der Waals surface area contributed by atoms with Crippen molar-refractivity contribution in [3.05, 3.63) is 39.8 Å². The first kappa shape index (κ1) is 13.1. The van der Waals surface area contributed by atoms with Gasteiger partial charge in [0.25, 0.3) is 5.56 Å². The number of anilines is 1. The van der Waals surface area contributed by atoms with Gasteiger partial charge in [-0.3, -0.25) is 4.79 Å². The molecule has 2 rings (SSSR count). The number of carboxylic acid groups (broad SMARTS) is 1. The first-order valence-electron chi connectivity index (χ1n) is 5.21. The summed E-state index contributed by atoms with van der Waals surface area (Å²) in [5.74, 6) is -1.02. The third kappa shape index (κ3) is 2.91. The maximum absolute atomic E-state index is 11.3. The van der Waals surface area contributed by atoms with Gasteiger partial charge in [-0.05, 0) is 30.3 Å². The lowest BCUT2D eigenvalue weighted by atomic mass is 10.2. The first-order valence-corrected chi connectivity index (χ1v) is 6.02. The molecule has 0 spiro atoms. The van der Waals surface area contributed by atoms with Crippen molar-refractivity contribution >= 4 is 23.5 Å². The highest BCUT2D eigenvalue weighted by Crippen LogP contribution is 2.27. The van der Waals surface area contributed by atoms with Crippen LogP contribution in [0.3, 0.4) is 0 Å². The Morgan fingerprint density at radius 1 is 1.53 bits per heavy atom. The Kier molecular flexibility index (Phi) is 3.52. The van der Waals surface area contributed by atoms with E-state index in [4.69, 9.17) is 10.8 Å². The number of aromatic amines is 1. The summed E-state index contributed by atoms with van der Waals surface area (Å²) in [4.78, 5) is 32.8. The fourth-order valence-corrected chi connectivity index (χ4v) is 2.41. The van der Waals surface area contributed by atoms with Crippen molar-refractivity contribution in [2.75, 3.05) is 5.73 Å². The Balaban J connectivity index is 2.46. The molecule has 2 aromatic heterocycles. The predicted octanol–water partition coefficient (Wildman–Crippen LogP) is 0.905. The van der Waals surface area contributed by atoms with Gasteiger partial charge in [0.1, 0.15) is 10.8 Å². The Morgan fingerprint density at radius 2 is 2.26 bits per heavy atom. The molecule has 0 atom stereocenters. The third-order valence-corrected chi connectivity index (χ3v) is 3.16. The highest BCUT2D eigenvalue weighted by atomic mass is 32.2. The zero-order valence-electron chi connectivity index (χ0n) is 9.88. The molecule has 98 valence electrons. The van der Waals surface area contributed by atoms with Gasteiger partial charge in [-0.15, -0.1) is 0 Å². The number of rotatable bonds is 3. The van der Waals surface area contributed by atoms with Crippen LogP contribution in [0.1, 0.15) is 15.9 Å². The normalized spacial score (nSPS) is 10.4. The molecule has 0 fully saturated rings. The smallest absolute Gasteiger partial charge is 0.338 e. The van der Waals surface area contributed by atoms with Gasteiger partial charge in [0.05, 0.1) is 5.56 Å². The SMILES string of the molecule is Cc1ccnc(Sc2nc(N)cc(=O)[nH]2)c1C(=O)O. The number of pyridine rings is 1. The third-order valence-electron chi connectivity index (χ3n) is 2.27. The Labute approximate surface area is 111 Å². The number of hydrogen-bond donors (Lipinski definition) is 3. The van der Waals surface area contributed by atoms with Crippen molar-refractivity contribution in [3.63, 3.8) is 0 Å².